The SMILES string of the molecule is CC(C)NC(=O)N[C@H]1C[C@H]2CN(Cc3cccc(O)c3)C[C@H](NC(=O)C3CC3)C(=O)N2C1. The summed E-state index contributed by atoms with van der Waals surface area (Å²) in [7, 11) is 0. The van der Waals surface area contributed by atoms with Crippen LogP contribution < -0.4 is 16.0 Å². The minimum absolute atomic E-state index is 0.0223. The number of hydrogen-bond acceptors (Lipinski definition) is 5. The summed E-state index contributed by atoms with van der Waals surface area (Å²) in [6.45, 7) is 5.86. The zero-order chi connectivity index (χ0) is 22.8. The molecule has 1 saturated carbocycles. The molecule has 3 aliphatic rings. The number of phenolic OH excluding ortho intramolecular Hbond substituents is 1. The third kappa shape index (κ3) is 5.51. The van der Waals surface area contributed by atoms with Gasteiger partial charge in [-0.05, 0) is 50.8 Å². The van der Waals surface area contributed by atoms with Gasteiger partial charge in [-0.3, -0.25) is 14.5 Å². The van der Waals surface area contributed by atoms with Crippen LogP contribution in [-0.4, -0.2) is 76.6 Å². The molecule has 0 radical (unpaired) electrons. The van der Waals surface area contributed by atoms with Gasteiger partial charge in [0.25, 0.3) is 0 Å². The van der Waals surface area contributed by atoms with Crippen molar-refractivity contribution in [3.8, 4) is 5.75 Å². The number of nitrogens with zero attached hydrogens (tertiary/aromatic N) is 2. The zero-order valence-electron chi connectivity index (χ0n) is 18.7. The summed E-state index contributed by atoms with van der Waals surface area (Å²) >= 11 is 0. The average molecular weight is 444 g/mol. The Morgan fingerprint density at radius 3 is 2.62 bits per heavy atom. The van der Waals surface area contributed by atoms with Crippen LogP contribution in [0.1, 0.15) is 38.7 Å². The Labute approximate surface area is 188 Å². The maximum atomic E-state index is 13.4. The molecule has 2 saturated heterocycles. The number of urea groups is 1. The molecule has 2 aliphatic heterocycles. The number of aromatic hydroxyl groups is 1. The van der Waals surface area contributed by atoms with Crippen LogP contribution in [0.15, 0.2) is 24.3 Å². The van der Waals surface area contributed by atoms with Crippen molar-refractivity contribution in [1.82, 2.24) is 25.8 Å². The van der Waals surface area contributed by atoms with E-state index in [1.165, 1.54) is 0 Å². The minimum atomic E-state index is -0.617. The van der Waals surface area contributed by atoms with E-state index in [-0.39, 0.29) is 47.6 Å². The van der Waals surface area contributed by atoms with Crippen molar-refractivity contribution in [2.24, 2.45) is 5.92 Å². The summed E-state index contributed by atoms with van der Waals surface area (Å²) in [4.78, 5) is 42.0. The van der Waals surface area contributed by atoms with Gasteiger partial charge in [0.2, 0.25) is 11.8 Å². The van der Waals surface area contributed by atoms with E-state index >= 15 is 0 Å². The molecule has 174 valence electrons. The molecule has 0 aromatic heterocycles. The fraction of sp³-hybridized carbons (Fsp3) is 0.609. The lowest BCUT2D eigenvalue weighted by atomic mass is 10.1. The van der Waals surface area contributed by atoms with Crippen LogP contribution in [-0.2, 0) is 16.1 Å². The monoisotopic (exact) mass is 443 g/mol. The highest BCUT2D eigenvalue weighted by atomic mass is 16.3. The largest absolute Gasteiger partial charge is 0.508 e. The Kier molecular flexibility index (Phi) is 6.55. The number of phenols is 1. The van der Waals surface area contributed by atoms with E-state index in [2.05, 4.69) is 20.9 Å². The van der Waals surface area contributed by atoms with E-state index in [0.29, 0.717) is 32.6 Å². The lowest BCUT2D eigenvalue weighted by molar-refractivity contribution is -0.136. The van der Waals surface area contributed by atoms with Gasteiger partial charge in [-0.25, -0.2) is 4.79 Å². The van der Waals surface area contributed by atoms with Crippen molar-refractivity contribution < 1.29 is 19.5 Å². The number of fused-ring (bicyclic) bond motifs is 1. The fourth-order valence-electron chi connectivity index (χ4n) is 4.65. The van der Waals surface area contributed by atoms with Crippen molar-refractivity contribution in [2.75, 3.05) is 19.6 Å². The Hall–Kier alpha value is -2.81. The van der Waals surface area contributed by atoms with Crippen molar-refractivity contribution in [2.45, 2.75) is 63.8 Å². The van der Waals surface area contributed by atoms with Crippen molar-refractivity contribution >= 4 is 17.8 Å². The van der Waals surface area contributed by atoms with Crippen LogP contribution in [0, 0.1) is 5.92 Å². The Bertz CT molecular complexity index is 872. The van der Waals surface area contributed by atoms with Crippen LogP contribution in [0.3, 0.4) is 0 Å². The van der Waals surface area contributed by atoms with Crippen molar-refractivity contribution in [3.05, 3.63) is 29.8 Å². The Morgan fingerprint density at radius 2 is 1.94 bits per heavy atom. The lowest BCUT2D eigenvalue weighted by Gasteiger charge is -2.25. The normalized spacial score (nSPS) is 25.9. The second-order valence-corrected chi connectivity index (χ2v) is 9.55. The quantitative estimate of drug-likeness (QED) is 0.519. The summed E-state index contributed by atoms with van der Waals surface area (Å²) < 4.78 is 0. The molecule has 4 amide bonds. The van der Waals surface area contributed by atoms with Crippen molar-refractivity contribution in [3.63, 3.8) is 0 Å². The van der Waals surface area contributed by atoms with Gasteiger partial charge < -0.3 is 26.0 Å². The smallest absolute Gasteiger partial charge is 0.315 e. The Balaban J connectivity index is 1.49. The fourth-order valence-corrected chi connectivity index (χ4v) is 4.65. The lowest BCUT2D eigenvalue weighted by Crippen LogP contribution is -2.52. The first-order valence-electron chi connectivity index (χ1n) is 11.5. The van der Waals surface area contributed by atoms with Gasteiger partial charge in [0.05, 0.1) is 6.04 Å². The molecule has 9 heteroatoms. The van der Waals surface area contributed by atoms with Gasteiger partial charge in [-0.15, -0.1) is 0 Å². The van der Waals surface area contributed by atoms with E-state index in [1.807, 2.05) is 24.8 Å². The molecule has 1 aliphatic carbocycles. The molecule has 3 atom stereocenters. The predicted molar refractivity (Wildman–Crippen MR) is 119 cm³/mol. The van der Waals surface area contributed by atoms with Crippen LogP contribution in [0.5, 0.6) is 5.75 Å². The summed E-state index contributed by atoms with van der Waals surface area (Å²) in [5, 5.41) is 18.6. The molecule has 2 heterocycles. The van der Waals surface area contributed by atoms with Gasteiger partial charge in [0, 0.05) is 44.2 Å². The second-order valence-electron chi connectivity index (χ2n) is 9.55. The van der Waals surface area contributed by atoms with Crippen molar-refractivity contribution in [1.29, 1.82) is 0 Å². The van der Waals surface area contributed by atoms with Gasteiger partial charge in [-0.1, -0.05) is 12.1 Å². The number of carbonyl (C=O) groups is 3. The summed E-state index contributed by atoms with van der Waals surface area (Å²) in [5.74, 6) is 0.0873. The molecule has 0 spiro atoms. The molecule has 3 fully saturated rings. The average Bonchev–Trinajstić information content (AvgIpc) is 3.49. The van der Waals surface area contributed by atoms with E-state index in [4.69, 9.17) is 0 Å². The predicted octanol–water partition coefficient (Wildman–Crippen LogP) is 0.780. The molecule has 4 N–H and O–H groups in total. The summed E-state index contributed by atoms with van der Waals surface area (Å²) in [6, 6.07) is 6.09. The maximum absolute atomic E-state index is 13.4. The molecule has 1 aromatic carbocycles. The minimum Gasteiger partial charge on any atom is -0.508 e. The van der Waals surface area contributed by atoms with E-state index in [1.54, 1.807) is 18.2 Å². The van der Waals surface area contributed by atoms with Crippen LogP contribution >= 0.6 is 0 Å². The number of amides is 4. The number of hydrogen-bond donors (Lipinski definition) is 4. The summed E-state index contributed by atoms with van der Waals surface area (Å²) in [6.07, 6.45) is 2.42. The first-order chi connectivity index (χ1) is 15.3. The molecule has 0 unspecified atom stereocenters. The van der Waals surface area contributed by atoms with E-state index in [9.17, 15) is 19.5 Å². The molecular weight excluding hydrogens is 410 g/mol. The molecule has 1 aromatic rings. The number of nitrogens with one attached hydrogen (secondary N) is 3. The number of rotatable bonds is 6. The van der Waals surface area contributed by atoms with Crippen LogP contribution in [0.4, 0.5) is 4.79 Å². The molecule has 0 bridgehead atoms. The highest BCUT2D eigenvalue weighted by Crippen LogP contribution is 2.30. The first-order valence-corrected chi connectivity index (χ1v) is 11.5. The number of benzene rings is 1. The van der Waals surface area contributed by atoms with E-state index in [0.717, 1.165) is 18.4 Å². The molecule has 9 nitrogen and oxygen atoms in total. The first kappa shape index (κ1) is 22.4. The van der Waals surface area contributed by atoms with Crippen LogP contribution in [0.25, 0.3) is 0 Å². The van der Waals surface area contributed by atoms with E-state index < -0.39 is 6.04 Å². The highest BCUT2D eigenvalue weighted by molar-refractivity contribution is 5.90. The topological polar surface area (TPSA) is 114 Å². The number of carbonyl (C=O) groups excluding carboxylic acids is 3. The highest BCUT2D eigenvalue weighted by Gasteiger charge is 2.44. The van der Waals surface area contributed by atoms with Crippen LogP contribution in [0.2, 0.25) is 0 Å². The second kappa shape index (κ2) is 9.36. The van der Waals surface area contributed by atoms with Gasteiger partial charge in [-0.2, -0.15) is 0 Å². The summed E-state index contributed by atoms with van der Waals surface area (Å²) in [5.41, 5.74) is 0.946. The molecule has 32 heavy (non-hydrogen) atoms. The maximum Gasteiger partial charge on any atom is 0.315 e. The third-order valence-electron chi connectivity index (χ3n) is 6.24. The molecule has 4 rings (SSSR count). The third-order valence-corrected chi connectivity index (χ3v) is 6.24. The zero-order valence-corrected chi connectivity index (χ0v) is 18.7. The van der Waals surface area contributed by atoms with Gasteiger partial charge in [0.15, 0.2) is 0 Å². The van der Waals surface area contributed by atoms with Gasteiger partial charge in [0.1, 0.15) is 11.8 Å². The molecular formula is C23H33N5O4. The standard InChI is InChI=1S/C23H33N5O4/c1-14(2)24-23(32)25-17-9-18-12-27(10-15-4-3-5-19(29)8-15)13-20(22(31)28(18)11-17)26-21(30)16-6-7-16/h3-5,8,14,16-18,20,29H,6-7,9-13H2,1-2H3,(H,26,30)(H2,24,25,32)/t17-,18-,20-/m0/s1. The Morgan fingerprint density at radius 1 is 1.16 bits per heavy atom. The van der Waals surface area contributed by atoms with Gasteiger partial charge >= 0.3 is 6.03 Å².